The van der Waals surface area contributed by atoms with Crippen LogP contribution in [0.5, 0.6) is 0 Å². The zero-order valence-corrected chi connectivity index (χ0v) is 12.5. The standard InChI is InChI=1S/C13H18O2.H2O4S/c1-9(2)8-11-4-6-12(7-5-11)10(3)13(14)15;1-5(2,3)4/h4-7,9-10H,8H2,1-3H3,(H,14,15);(H2,1,2,3,4)/t10-;/m0./s1. The molecule has 0 aliphatic carbocycles. The summed E-state index contributed by atoms with van der Waals surface area (Å²) in [5, 5.41) is 8.85. The van der Waals surface area contributed by atoms with E-state index >= 15 is 0 Å². The van der Waals surface area contributed by atoms with Gasteiger partial charge in [0.15, 0.2) is 0 Å². The van der Waals surface area contributed by atoms with E-state index in [0.29, 0.717) is 5.92 Å². The maximum absolute atomic E-state index is 10.8. The normalized spacial score (nSPS) is 12.5. The van der Waals surface area contributed by atoms with Gasteiger partial charge >= 0.3 is 16.4 Å². The van der Waals surface area contributed by atoms with Gasteiger partial charge in [0.05, 0.1) is 5.92 Å². The van der Waals surface area contributed by atoms with E-state index in [2.05, 4.69) is 13.8 Å². The molecule has 114 valence electrons. The molecule has 0 saturated heterocycles. The summed E-state index contributed by atoms with van der Waals surface area (Å²) in [4.78, 5) is 10.8. The highest BCUT2D eigenvalue weighted by Crippen LogP contribution is 2.17. The molecule has 0 aromatic heterocycles. The maximum Gasteiger partial charge on any atom is 0.394 e. The Morgan fingerprint density at radius 2 is 1.50 bits per heavy atom. The molecule has 1 rings (SSSR count). The number of carboxylic acid groups (broad SMARTS) is 1. The second kappa shape index (κ2) is 7.98. The van der Waals surface area contributed by atoms with E-state index < -0.39 is 22.3 Å². The zero-order valence-electron chi connectivity index (χ0n) is 11.6. The Hall–Kier alpha value is -1.44. The van der Waals surface area contributed by atoms with E-state index in [9.17, 15) is 4.79 Å². The summed E-state index contributed by atoms with van der Waals surface area (Å²) in [6.45, 7) is 6.06. The van der Waals surface area contributed by atoms with Crippen molar-refractivity contribution in [2.45, 2.75) is 33.1 Å². The number of carbonyl (C=O) groups is 1. The minimum Gasteiger partial charge on any atom is -0.481 e. The molecule has 7 heteroatoms. The smallest absolute Gasteiger partial charge is 0.394 e. The summed E-state index contributed by atoms with van der Waals surface area (Å²) in [6.07, 6.45) is 1.04. The van der Waals surface area contributed by atoms with Crippen molar-refractivity contribution in [3.05, 3.63) is 35.4 Å². The van der Waals surface area contributed by atoms with Gasteiger partial charge in [-0.1, -0.05) is 38.1 Å². The lowest BCUT2D eigenvalue weighted by molar-refractivity contribution is -0.138. The van der Waals surface area contributed by atoms with Crippen LogP contribution in [0.15, 0.2) is 24.3 Å². The molecule has 1 atom stereocenters. The average Bonchev–Trinajstić information content (AvgIpc) is 2.26. The van der Waals surface area contributed by atoms with Gasteiger partial charge in [-0.2, -0.15) is 8.42 Å². The van der Waals surface area contributed by atoms with E-state index in [0.717, 1.165) is 12.0 Å². The van der Waals surface area contributed by atoms with E-state index in [1.807, 2.05) is 24.3 Å². The molecule has 0 saturated carbocycles. The van der Waals surface area contributed by atoms with Crippen molar-refractivity contribution in [1.29, 1.82) is 0 Å². The number of rotatable bonds is 4. The molecular weight excluding hydrogens is 284 g/mol. The van der Waals surface area contributed by atoms with Crippen LogP contribution in [-0.4, -0.2) is 28.6 Å². The van der Waals surface area contributed by atoms with Gasteiger partial charge in [0.2, 0.25) is 0 Å². The third kappa shape index (κ3) is 9.48. The minimum absolute atomic E-state index is 0.418. The van der Waals surface area contributed by atoms with Gasteiger partial charge in [-0.05, 0) is 30.4 Å². The van der Waals surface area contributed by atoms with Gasteiger partial charge in [-0.3, -0.25) is 13.9 Å². The fourth-order valence-electron chi connectivity index (χ4n) is 1.56. The van der Waals surface area contributed by atoms with Crippen LogP contribution in [-0.2, 0) is 21.6 Å². The Labute approximate surface area is 119 Å². The third-order valence-electron chi connectivity index (χ3n) is 2.49. The second-order valence-electron chi connectivity index (χ2n) is 4.85. The van der Waals surface area contributed by atoms with E-state index in [4.69, 9.17) is 22.6 Å². The summed E-state index contributed by atoms with van der Waals surface area (Å²) in [6, 6.07) is 7.87. The van der Waals surface area contributed by atoms with Crippen LogP contribution in [0.3, 0.4) is 0 Å². The highest BCUT2D eigenvalue weighted by molar-refractivity contribution is 7.79. The van der Waals surface area contributed by atoms with Crippen molar-refractivity contribution >= 4 is 16.4 Å². The Bertz CT molecular complexity index is 510. The first-order valence-electron chi connectivity index (χ1n) is 6.02. The molecule has 1 aromatic carbocycles. The van der Waals surface area contributed by atoms with Crippen LogP contribution < -0.4 is 0 Å². The Balaban J connectivity index is 0.000000621. The lowest BCUT2D eigenvalue weighted by atomic mass is 9.97. The molecule has 1 aromatic rings. The minimum atomic E-state index is -4.67. The monoisotopic (exact) mass is 304 g/mol. The summed E-state index contributed by atoms with van der Waals surface area (Å²) < 4.78 is 31.6. The SMILES string of the molecule is CC(C)Cc1ccc([C@H](C)C(=O)O)cc1.O=S(=O)(O)O. The topological polar surface area (TPSA) is 112 Å². The van der Waals surface area contributed by atoms with Crippen LogP contribution in [0.2, 0.25) is 0 Å². The van der Waals surface area contributed by atoms with E-state index in [-0.39, 0.29) is 0 Å². The third-order valence-corrected chi connectivity index (χ3v) is 2.49. The first-order valence-corrected chi connectivity index (χ1v) is 7.42. The molecule has 0 fully saturated rings. The largest absolute Gasteiger partial charge is 0.481 e. The Morgan fingerprint density at radius 1 is 1.10 bits per heavy atom. The number of hydrogen-bond acceptors (Lipinski definition) is 3. The first kappa shape index (κ1) is 18.6. The molecule has 0 unspecified atom stereocenters. The highest BCUT2D eigenvalue weighted by Gasteiger charge is 2.12. The van der Waals surface area contributed by atoms with Crippen molar-refractivity contribution in [2.75, 3.05) is 0 Å². The Kier molecular flexibility index (Phi) is 7.41. The fourth-order valence-corrected chi connectivity index (χ4v) is 1.56. The van der Waals surface area contributed by atoms with Crippen molar-refractivity contribution < 1.29 is 27.4 Å². The number of hydrogen-bond donors (Lipinski definition) is 3. The van der Waals surface area contributed by atoms with Crippen LogP contribution in [0.4, 0.5) is 0 Å². The number of carboxylic acids is 1. The molecule has 6 nitrogen and oxygen atoms in total. The lowest BCUT2D eigenvalue weighted by Gasteiger charge is -2.09. The molecule has 0 spiro atoms. The van der Waals surface area contributed by atoms with Gasteiger partial charge < -0.3 is 5.11 Å². The average molecular weight is 304 g/mol. The molecule has 0 aliphatic heterocycles. The molecule has 0 aliphatic rings. The summed E-state index contributed by atoms with van der Waals surface area (Å²) in [5.74, 6) is -0.558. The van der Waals surface area contributed by atoms with Gasteiger partial charge in [0.1, 0.15) is 0 Å². The predicted octanol–water partition coefficient (Wildman–Crippen LogP) is 2.42. The number of benzene rings is 1. The first-order chi connectivity index (χ1) is 9.00. The molecule has 20 heavy (non-hydrogen) atoms. The fraction of sp³-hybridized carbons (Fsp3) is 0.462. The van der Waals surface area contributed by atoms with E-state index in [1.165, 1.54) is 5.56 Å². The van der Waals surface area contributed by atoms with Crippen molar-refractivity contribution in [1.82, 2.24) is 0 Å². The van der Waals surface area contributed by atoms with Gasteiger partial charge in [-0.25, -0.2) is 0 Å². The quantitative estimate of drug-likeness (QED) is 0.736. The summed E-state index contributed by atoms with van der Waals surface area (Å²) >= 11 is 0. The number of aliphatic carboxylic acids is 1. The van der Waals surface area contributed by atoms with Gasteiger partial charge in [-0.15, -0.1) is 0 Å². The molecule has 0 heterocycles. The molecule has 0 amide bonds. The van der Waals surface area contributed by atoms with E-state index in [1.54, 1.807) is 6.92 Å². The van der Waals surface area contributed by atoms with Crippen molar-refractivity contribution in [3.8, 4) is 0 Å². The summed E-state index contributed by atoms with van der Waals surface area (Å²) in [7, 11) is -4.67. The Morgan fingerprint density at radius 3 is 1.80 bits per heavy atom. The van der Waals surface area contributed by atoms with Crippen LogP contribution in [0.25, 0.3) is 0 Å². The highest BCUT2D eigenvalue weighted by atomic mass is 32.3. The van der Waals surface area contributed by atoms with Crippen LogP contribution in [0, 0.1) is 5.92 Å². The van der Waals surface area contributed by atoms with Crippen molar-refractivity contribution in [2.24, 2.45) is 5.92 Å². The zero-order chi connectivity index (χ0) is 15.9. The van der Waals surface area contributed by atoms with Crippen molar-refractivity contribution in [3.63, 3.8) is 0 Å². The predicted molar refractivity (Wildman–Crippen MR) is 75.2 cm³/mol. The van der Waals surface area contributed by atoms with Crippen LogP contribution in [0.1, 0.15) is 37.8 Å². The van der Waals surface area contributed by atoms with Crippen LogP contribution >= 0.6 is 0 Å². The van der Waals surface area contributed by atoms with Gasteiger partial charge in [0.25, 0.3) is 0 Å². The second-order valence-corrected chi connectivity index (χ2v) is 5.74. The molecular formula is C13H20O6S. The molecule has 0 bridgehead atoms. The lowest BCUT2D eigenvalue weighted by Crippen LogP contribution is -2.07. The molecule has 3 N–H and O–H groups in total. The maximum atomic E-state index is 10.8. The molecule has 0 radical (unpaired) electrons. The summed E-state index contributed by atoms with van der Waals surface area (Å²) in [5.41, 5.74) is 2.14. The van der Waals surface area contributed by atoms with Gasteiger partial charge in [0, 0.05) is 0 Å².